The molecule has 0 spiro atoms. The molecule has 1 N–H and O–H groups in total. The lowest BCUT2D eigenvalue weighted by Gasteiger charge is -1.80. The van der Waals surface area contributed by atoms with Crippen molar-refractivity contribution >= 4 is 11.8 Å². The zero-order valence-corrected chi connectivity index (χ0v) is 4.90. The van der Waals surface area contributed by atoms with Gasteiger partial charge in [0.2, 0.25) is 0 Å². The molecule has 0 atom stereocenters. The van der Waals surface area contributed by atoms with E-state index in [0.717, 1.165) is 4.90 Å². The Morgan fingerprint density at radius 3 is 2.88 bits per heavy atom. The monoisotopic (exact) mass is 124 g/mol. The maximum Gasteiger partial charge on any atom is 0.130 e. The third-order valence-corrected chi connectivity index (χ3v) is 2.12. The van der Waals surface area contributed by atoms with Gasteiger partial charge in [-0.3, -0.25) is 0 Å². The molecule has 1 aromatic carbocycles. The lowest BCUT2D eigenvalue weighted by atomic mass is 10.3. The number of fused-ring (bicyclic) bond motifs is 1. The topological polar surface area (TPSA) is 20.2 Å². The lowest BCUT2D eigenvalue weighted by Crippen LogP contribution is -1.55. The molecule has 8 heavy (non-hydrogen) atoms. The van der Waals surface area contributed by atoms with Gasteiger partial charge in [-0.2, -0.15) is 0 Å². The van der Waals surface area contributed by atoms with Crippen LogP contribution in [0.15, 0.2) is 28.0 Å². The summed E-state index contributed by atoms with van der Waals surface area (Å²) in [5, 5.41) is 8.95. The Balaban J connectivity index is 2.70. The number of rotatable bonds is 0. The molecule has 0 aromatic heterocycles. The van der Waals surface area contributed by atoms with Crippen molar-refractivity contribution in [2.45, 2.75) is 9.79 Å². The quantitative estimate of drug-likeness (QED) is 0.541. The summed E-state index contributed by atoms with van der Waals surface area (Å²) in [5.41, 5.74) is 0. The largest absolute Gasteiger partial charge is 0.507 e. The lowest BCUT2D eigenvalue weighted by molar-refractivity contribution is 0.462. The summed E-state index contributed by atoms with van der Waals surface area (Å²) < 4.78 is 0. The van der Waals surface area contributed by atoms with Gasteiger partial charge in [0.1, 0.15) is 5.75 Å². The van der Waals surface area contributed by atoms with Crippen LogP contribution in [0.25, 0.3) is 0 Å². The number of hydrogen-bond acceptors (Lipinski definition) is 2. The van der Waals surface area contributed by atoms with Crippen molar-refractivity contribution in [2.75, 3.05) is 0 Å². The van der Waals surface area contributed by atoms with Crippen molar-refractivity contribution in [3.05, 3.63) is 18.2 Å². The van der Waals surface area contributed by atoms with Crippen LogP contribution in [0.1, 0.15) is 0 Å². The summed E-state index contributed by atoms with van der Waals surface area (Å²) in [6.07, 6.45) is 0. The molecule has 2 heteroatoms. The number of phenolic OH excluding ortho intramolecular Hbond substituents is 1. The highest BCUT2D eigenvalue weighted by Gasteiger charge is 2.20. The summed E-state index contributed by atoms with van der Waals surface area (Å²) in [5.74, 6) is 0.424. The molecule has 40 valence electrons. The van der Waals surface area contributed by atoms with E-state index >= 15 is 0 Å². The molecule has 0 fully saturated rings. The minimum atomic E-state index is 0.424. The number of hydrogen-bond donors (Lipinski definition) is 1. The van der Waals surface area contributed by atoms with E-state index in [1.807, 2.05) is 12.1 Å². The Kier molecular flexibility index (Phi) is 0.641. The van der Waals surface area contributed by atoms with Crippen LogP contribution in [0.4, 0.5) is 0 Å². The third-order valence-electron chi connectivity index (χ3n) is 1.13. The number of aromatic hydroxyl groups is 1. The third kappa shape index (κ3) is 0.434. The van der Waals surface area contributed by atoms with Gasteiger partial charge in [-0.25, -0.2) is 0 Å². The van der Waals surface area contributed by atoms with Gasteiger partial charge in [0.25, 0.3) is 0 Å². The summed E-state index contributed by atoms with van der Waals surface area (Å²) >= 11 is 1.64. The fraction of sp³-hybridized carbons (Fsp3) is 0. The van der Waals surface area contributed by atoms with E-state index in [9.17, 15) is 0 Å². The van der Waals surface area contributed by atoms with Gasteiger partial charge in [-0.05, 0) is 12.1 Å². The summed E-state index contributed by atoms with van der Waals surface area (Å²) in [6.45, 7) is 0. The zero-order valence-electron chi connectivity index (χ0n) is 4.09. The minimum absolute atomic E-state index is 0.424. The normalized spacial score (nSPS) is 13.0. The Morgan fingerprint density at radius 2 is 2.25 bits per heavy atom. The molecule has 1 nitrogen and oxygen atoms in total. The first-order valence-electron chi connectivity index (χ1n) is 2.38. The van der Waals surface area contributed by atoms with Crippen LogP contribution in [0.2, 0.25) is 0 Å². The van der Waals surface area contributed by atoms with Crippen LogP contribution in [0.5, 0.6) is 5.75 Å². The van der Waals surface area contributed by atoms with E-state index in [0.29, 0.717) is 5.75 Å². The highest BCUT2D eigenvalue weighted by atomic mass is 32.2. The highest BCUT2D eigenvalue weighted by Crippen LogP contribution is 2.53. The fourth-order valence-corrected chi connectivity index (χ4v) is 1.34. The molecule has 1 aliphatic rings. The van der Waals surface area contributed by atoms with Crippen molar-refractivity contribution in [3.63, 3.8) is 0 Å². The molecule has 0 unspecified atom stereocenters. The van der Waals surface area contributed by atoms with Crippen LogP contribution < -0.4 is 0 Å². The van der Waals surface area contributed by atoms with E-state index < -0.39 is 0 Å². The van der Waals surface area contributed by atoms with Gasteiger partial charge < -0.3 is 5.11 Å². The minimum Gasteiger partial charge on any atom is -0.507 e. The van der Waals surface area contributed by atoms with E-state index in [1.54, 1.807) is 17.8 Å². The SMILES string of the molecule is Oc1cccc2c1S2. The Bertz CT molecular complexity index is 232. The van der Waals surface area contributed by atoms with Gasteiger partial charge in [0.15, 0.2) is 0 Å². The standard InChI is InChI=1S/C6H4OS/c7-4-2-1-3-5-6(4)8-5/h1-3,7H. The van der Waals surface area contributed by atoms with Crippen LogP contribution in [0.3, 0.4) is 0 Å². The van der Waals surface area contributed by atoms with Crippen LogP contribution in [0, 0.1) is 0 Å². The second-order valence-corrected chi connectivity index (χ2v) is 2.76. The average molecular weight is 124 g/mol. The first kappa shape index (κ1) is 4.27. The van der Waals surface area contributed by atoms with Crippen molar-refractivity contribution in [1.29, 1.82) is 0 Å². The van der Waals surface area contributed by atoms with E-state index in [1.165, 1.54) is 4.90 Å². The molecule has 2 rings (SSSR count). The Hall–Kier alpha value is -0.630. The van der Waals surface area contributed by atoms with Crippen LogP contribution >= 0.6 is 11.8 Å². The van der Waals surface area contributed by atoms with E-state index in [2.05, 4.69) is 0 Å². The summed E-state index contributed by atoms with van der Waals surface area (Å²) in [4.78, 5) is 2.26. The molecule has 1 heterocycles. The smallest absolute Gasteiger partial charge is 0.130 e. The number of benzene rings is 1. The van der Waals surface area contributed by atoms with Gasteiger partial charge >= 0.3 is 0 Å². The van der Waals surface area contributed by atoms with Gasteiger partial charge in [0, 0.05) is 4.90 Å². The van der Waals surface area contributed by atoms with Gasteiger partial charge in [-0.1, -0.05) is 17.8 Å². The first-order valence-corrected chi connectivity index (χ1v) is 3.19. The Morgan fingerprint density at radius 1 is 1.38 bits per heavy atom. The zero-order chi connectivity index (χ0) is 5.56. The maximum atomic E-state index is 8.95. The molecule has 0 radical (unpaired) electrons. The molecule has 0 aliphatic carbocycles. The van der Waals surface area contributed by atoms with Gasteiger partial charge in [-0.15, -0.1) is 0 Å². The van der Waals surface area contributed by atoms with Crippen molar-refractivity contribution in [3.8, 4) is 5.75 Å². The first-order chi connectivity index (χ1) is 3.88. The van der Waals surface area contributed by atoms with Crippen molar-refractivity contribution in [2.24, 2.45) is 0 Å². The average Bonchev–Trinajstić information content (AvgIpc) is 2.45. The predicted molar refractivity (Wildman–Crippen MR) is 32.2 cm³/mol. The van der Waals surface area contributed by atoms with Crippen molar-refractivity contribution in [1.82, 2.24) is 0 Å². The van der Waals surface area contributed by atoms with E-state index in [4.69, 9.17) is 5.11 Å². The molecular formula is C6H4OS. The van der Waals surface area contributed by atoms with Gasteiger partial charge in [0.05, 0.1) is 4.90 Å². The molecule has 0 saturated heterocycles. The Labute approximate surface area is 51.3 Å². The summed E-state index contributed by atoms with van der Waals surface area (Å²) in [6, 6.07) is 5.56. The van der Waals surface area contributed by atoms with Crippen LogP contribution in [-0.4, -0.2) is 5.11 Å². The second-order valence-electron chi connectivity index (χ2n) is 1.71. The molecule has 0 bridgehead atoms. The summed E-state index contributed by atoms with van der Waals surface area (Å²) in [7, 11) is 0. The fourth-order valence-electron chi connectivity index (χ4n) is 0.675. The molecule has 0 saturated carbocycles. The highest BCUT2D eigenvalue weighted by molar-refractivity contribution is 8.05. The molecule has 0 amide bonds. The van der Waals surface area contributed by atoms with Crippen molar-refractivity contribution < 1.29 is 5.11 Å². The molecule has 1 aromatic rings. The number of phenols is 1. The molecule has 1 aliphatic heterocycles. The maximum absolute atomic E-state index is 8.95. The van der Waals surface area contributed by atoms with Crippen LogP contribution in [-0.2, 0) is 0 Å². The van der Waals surface area contributed by atoms with E-state index in [-0.39, 0.29) is 0 Å². The predicted octanol–water partition coefficient (Wildman–Crippen LogP) is 1.86. The second kappa shape index (κ2) is 1.20. The molecular weight excluding hydrogens is 120 g/mol.